The van der Waals surface area contributed by atoms with Crippen LogP contribution in [0.2, 0.25) is 0 Å². The molecule has 0 spiro atoms. The highest BCUT2D eigenvalue weighted by Crippen LogP contribution is 2.33. The predicted molar refractivity (Wildman–Crippen MR) is 105 cm³/mol. The smallest absolute Gasteiger partial charge is 0.0596 e. The number of hydrogen-bond donors (Lipinski definition) is 0. The molecule has 126 valence electrons. The van der Waals surface area contributed by atoms with Crippen molar-refractivity contribution in [2.45, 2.75) is 33.6 Å². The van der Waals surface area contributed by atoms with Crippen molar-refractivity contribution in [1.29, 1.82) is 0 Å². The Hall–Kier alpha value is -2.20. The van der Waals surface area contributed by atoms with Gasteiger partial charge in [0, 0.05) is 19.0 Å². The minimum Gasteiger partial charge on any atom is -0.364 e. The normalized spacial score (nSPS) is 20.9. The first kappa shape index (κ1) is 18.1. The molecule has 0 aromatic heterocycles. The van der Waals surface area contributed by atoms with Crippen molar-refractivity contribution < 1.29 is 0 Å². The molecule has 0 aromatic carbocycles. The Kier molecular flexibility index (Phi) is 6.94. The fraction of sp³-hybridized carbons (Fsp3) is 0.391. The molecule has 1 nitrogen and oxygen atoms in total. The monoisotopic (exact) mass is 319 g/mol. The number of hydrogen-bond acceptors (Lipinski definition) is 1. The highest BCUT2D eigenvalue weighted by Gasteiger charge is 2.28. The molecule has 0 radical (unpaired) electrons. The molecule has 0 aromatic rings. The lowest BCUT2D eigenvalue weighted by Gasteiger charge is -2.21. The van der Waals surface area contributed by atoms with Gasteiger partial charge in [-0.05, 0) is 43.4 Å². The average Bonchev–Trinajstić information content (AvgIpc) is 2.76. The van der Waals surface area contributed by atoms with Gasteiger partial charge in [0.2, 0.25) is 0 Å². The number of likely N-dealkylation sites (tertiary alicyclic amines) is 1. The summed E-state index contributed by atoms with van der Waals surface area (Å²) in [5, 5.41) is 0. The lowest BCUT2D eigenvalue weighted by molar-refractivity contribution is 0.425. The third kappa shape index (κ3) is 5.17. The van der Waals surface area contributed by atoms with Crippen LogP contribution in [0.3, 0.4) is 0 Å². The van der Waals surface area contributed by atoms with Crippen molar-refractivity contribution in [2.24, 2.45) is 11.8 Å². The molecule has 1 aliphatic carbocycles. The van der Waals surface area contributed by atoms with Crippen molar-refractivity contribution in [3.05, 3.63) is 83.5 Å². The van der Waals surface area contributed by atoms with Crippen molar-refractivity contribution in [1.82, 2.24) is 4.90 Å². The second-order valence-corrected chi connectivity index (χ2v) is 6.74. The van der Waals surface area contributed by atoms with Crippen LogP contribution in [-0.2, 0) is 0 Å². The Balaban J connectivity index is 2.04. The second-order valence-electron chi connectivity index (χ2n) is 6.74. The van der Waals surface area contributed by atoms with E-state index < -0.39 is 0 Å². The van der Waals surface area contributed by atoms with Gasteiger partial charge in [-0.1, -0.05) is 62.5 Å². The summed E-state index contributed by atoms with van der Waals surface area (Å²) in [6.07, 6.45) is 19.3. The molecule has 1 heterocycles. The van der Waals surface area contributed by atoms with Gasteiger partial charge in [-0.3, -0.25) is 0 Å². The number of nitrogens with zero attached hydrogens (tertiary/aromatic N) is 1. The predicted octanol–water partition coefficient (Wildman–Crippen LogP) is 5.73. The molecule has 0 bridgehead atoms. The van der Waals surface area contributed by atoms with Gasteiger partial charge in [0.1, 0.15) is 0 Å². The maximum absolute atomic E-state index is 3.96. The average molecular weight is 319 g/mol. The van der Waals surface area contributed by atoms with Crippen LogP contribution in [-0.4, -0.2) is 18.0 Å². The zero-order valence-corrected chi connectivity index (χ0v) is 15.3. The summed E-state index contributed by atoms with van der Waals surface area (Å²) in [4.78, 5) is 2.42. The molecule has 1 aliphatic heterocycles. The van der Waals surface area contributed by atoms with Crippen LogP contribution in [0, 0.1) is 11.8 Å². The van der Waals surface area contributed by atoms with Gasteiger partial charge in [-0.15, -0.1) is 11.5 Å². The molecule has 1 saturated heterocycles. The van der Waals surface area contributed by atoms with Crippen LogP contribution < -0.4 is 0 Å². The summed E-state index contributed by atoms with van der Waals surface area (Å²) >= 11 is 0. The Morgan fingerprint density at radius 1 is 1.46 bits per heavy atom. The highest BCUT2D eigenvalue weighted by atomic mass is 15.2. The molecule has 0 saturated carbocycles. The lowest BCUT2D eigenvalue weighted by atomic mass is 9.95. The van der Waals surface area contributed by atoms with Gasteiger partial charge in [0.05, 0.1) is 5.70 Å². The van der Waals surface area contributed by atoms with Crippen LogP contribution in [0.1, 0.15) is 33.6 Å². The van der Waals surface area contributed by atoms with E-state index >= 15 is 0 Å². The standard InChI is InChI=1S/C23H29N/c1-5-20(14-13-19(3)4)17-22-15-16-24(23(22)6-2)18-21-11-9-7-8-10-12-21/h5,7-9,11-14,19,22H,2,15-18H2,1,3-4H3/b14-13-,20-5+. The van der Waals surface area contributed by atoms with E-state index in [9.17, 15) is 0 Å². The third-order valence-corrected chi connectivity index (χ3v) is 4.46. The van der Waals surface area contributed by atoms with Crippen LogP contribution in [0.15, 0.2) is 83.5 Å². The van der Waals surface area contributed by atoms with Gasteiger partial charge in [-0.25, -0.2) is 0 Å². The molecule has 0 N–H and O–H groups in total. The summed E-state index contributed by atoms with van der Waals surface area (Å²) in [6, 6.07) is 0. The van der Waals surface area contributed by atoms with Gasteiger partial charge >= 0.3 is 0 Å². The molecule has 1 fully saturated rings. The maximum atomic E-state index is 3.96. The Morgan fingerprint density at radius 3 is 3.00 bits per heavy atom. The summed E-state index contributed by atoms with van der Waals surface area (Å²) in [7, 11) is 0. The van der Waals surface area contributed by atoms with E-state index in [4.69, 9.17) is 0 Å². The van der Waals surface area contributed by atoms with Crippen molar-refractivity contribution in [3.8, 4) is 0 Å². The molecule has 0 amide bonds. The first-order chi connectivity index (χ1) is 11.6. The summed E-state index contributed by atoms with van der Waals surface area (Å²) in [6.45, 7) is 12.5. The van der Waals surface area contributed by atoms with Gasteiger partial charge in [-0.2, -0.15) is 0 Å². The molecule has 2 rings (SSSR count). The SMILES string of the molecule is C=C=C1C(CC(/C=C\C(C)C)=C/C)CCN1CC1=CC=CC=C=C1. The summed E-state index contributed by atoms with van der Waals surface area (Å²) < 4.78 is 0. The molecule has 1 unspecified atom stereocenters. The zero-order chi connectivity index (χ0) is 17.4. The number of allylic oxidation sites excluding steroid dienone is 8. The van der Waals surface area contributed by atoms with E-state index in [-0.39, 0.29) is 0 Å². The summed E-state index contributed by atoms with van der Waals surface area (Å²) in [5.74, 6) is 1.11. The van der Waals surface area contributed by atoms with E-state index in [1.165, 1.54) is 23.3 Å². The minimum absolute atomic E-state index is 0.520. The lowest BCUT2D eigenvalue weighted by Crippen LogP contribution is -2.21. The Labute approximate surface area is 147 Å². The third-order valence-electron chi connectivity index (χ3n) is 4.46. The van der Waals surface area contributed by atoms with E-state index in [1.54, 1.807) is 0 Å². The van der Waals surface area contributed by atoms with E-state index in [2.05, 4.69) is 80.2 Å². The van der Waals surface area contributed by atoms with Crippen LogP contribution >= 0.6 is 0 Å². The largest absolute Gasteiger partial charge is 0.364 e. The Bertz CT molecular complexity index is 669. The summed E-state index contributed by atoms with van der Waals surface area (Å²) in [5.41, 5.74) is 10.4. The molecular formula is C23H29N. The molecule has 2 aliphatic rings. The topological polar surface area (TPSA) is 3.24 Å². The minimum atomic E-state index is 0.520. The van der Waals surface area contributed by atoms with Gasteiger partial charge in [0.15, 0.2) is 0 Å². The van der Waals surface area contributed by atoms with Crippen LogP contribution in [0.5, 0.6) is 0 Å². The maximum Gasteiger partial charge on any atom is 0.0596 e. The fourth-order valence-corrected chi connectivity index (χ4v) is 3.14. The second kappa shape index (κ2) is 9.18. The Morgan fingerprint density at radius 2 is 2.29 bits per heavy atom. The van der Waals surface area contributed by atoms with Gasteiger partial charge in [0.25, 0.3) is 0 Å². The zero-order valence-electron chi connectivity index (χ0n) is 15.3. The highest BCUT2D eigenvalue weighted by molar-refractivity contribution is 5.31. The fourth-order valence-electron chi connectivity index (χ4n) is 3.14. The van der Waals surface area contributed by atoms with E-state index in [1.807, 2.05) is 12.2 Å². The molecular weight excluding hydrogens is 290 g/mol. The van der Waals surface area contributed by atoms with E-state index in [0.29, 0.717) is 11.8 Å². The number of rotatable bonds is 6. The van der Waals surface area contributed by atoms with Crippen molar-refractivity contribution in [2.75, 3.05) is 13.1 Å². The van der Waals surface area contributed by atoms with Crippen LogP contribution in [0.25, 0.3) is 0 Å². The van der Waals surface area contributed by atoms with Gasteiger partial charge < -0.3 is 4.90 Å². The molecule has 1 heteroatoms. The first-order valence-electron chi connectivity index (χ1n) is 8.90. The van der Waals surface area contributed by atoms with Crippen LogP contribution in [0.4, 0.5) is 0 Å². The van der Waals surface area contributed by atoms with Crippen molar-refractivity contribution >= 4 is 0 Å². The molecule has 24 heavy (non-hydrogen) atoms. The van der Waals surface area contributed by atoms with E-state index in [0.717, 1.165) is 19.5 Å². The van der Waals surface area contributed by atoms with Crippen molar-refractivity contribution in [3.63, 3.8) is 0 Å². The molecule has 1 atom stereocenters. The first-order valence-corrected chi connectivity index (χ1v) is 8.90. The quantitative estimate of drug-likeness (QED) is 0.446.